The Bertz CT molecular complexity index is 450. The van der Waals surface area contributed by atoms with Crippen molar-refractivity contribution in [1.29, 1.82) is 0 Å². The summed E-state index contributed by atoms with van der Waals surface area (Å²) in [4.78, 5) is 12.2. The lowest BCUT2D eigenvalue weighted by Gasteiger charge is -2.31. The average Bonchev–Trinajstić information content (AvgIpc) is 2.44. The Hall–Kier alpha value is -1.07. The highest BCUT2D eigenvalue weighted by Gasteiger charge is 2.25. The monoisotopic (exact) mass is 340 g/mol. The lowest BCUT2D eigenvalue weighted by Crippen LogP contribution is -2.54. The van der Waals surface area contributed by atoms with Gasteiger partial charge in [0.2, 0.25) is 0 Å². The van der Waals surface area contributed by atoms with Crippen molar-refractivity contribution in [1.82, 2.24) is 10.6 Å². The minimum Gasteiger partial charge on any atom is -0.481 e. The van der Waals surface area contributed by atoms with Gasteiger partial charge >= 0.3 is 0 Å². The largest absolute Gasteiger partial charge is 0.481 e. The summed E-state index contributed by atoms with van der Waals surface area (Å²) in [6, 6.07) is 7.98. The molecule has 0 spiro atoms. The summed E-state index contributed by atoms with van der Waals surface area (Å²) in [5, 5.41) is 6.44. The van der Waals surface area contributed by atoms with Crippen LogP contribution in [-0.2, 0) is 4.79 Å². The molecule has 1 aliphatic rings. The highest BCUT2D eigenvalue weighted by atomic mass is 79.9. The van der Waals surface area contributed by atoms with Gasteiger partial charge in [0.1, 0.15) is 5.75 Å². The maximum absolute atomic E-state index is 12.2. The number of benzene rings is 1. The van der Waals surface area contributed by atoms with E-state index < -0.39 is 6.10 Å². The minimum atomic E-state index is -0.495. The predicted octanol–water partition coefficient (Wildman–Crippen LogP) is 2.47. The van der Waals surface area contributed by atoms with E-state index in [0.29, 0.717) is 11.8 Å². The quantitative estimate of drug-likeness (QED) is 0.885. The van der Waals surface area contributed by atoms with Crippen molar-refractivity contribution in [3.8, 4) is 5.75 Å². The van der Waals surface area contributed by atoms with E-state index in [9.17, 15) is 4.79 Å². The molecule has 1 fully saturated rings. The first kappa shape index (κ1) is 15.3. The van der Waals surface area contributed by atoms with Crippen molar-refractivity contribution in [3.05, 3.63) is 28.7 Å². The SMILES string of the molecule is CC(Oc1ccc(Br)cc1)C(=O)NC1CCCNC1C. The van der Waals surface area contributed by atoms with E-state index in [-0.39, 0.29) is 11.9 Å². The van der Waals surface area contributed by atoms with E-state index in [2.05, 4.69) is 33.5 Å². The molecular formula is C15H21BrN2O2. The highest BCUT2D eigenvalue weighted by molar-refractivity contribution is 9.10. The van der Waals surface area contributed by atoms with E-state index in [0.717, 1.165) is 23.9 Å². The van der Waals surface area contributed by atoms with Crippen molar-refractivity contribution in [2.45, 2.75) is 44.9 Å². The maximum Gasteiger partial charge on any atom is 0.261 e. The number of amides is 1. The van der Waals surface area contributed by atoms with Crippen LogP contribution in [0.25, 0.3) is 0 Å². The summed E-state index contributed by atoms with van der Waals surface area (Å²) in [5.74, 6) is 0.638. The van der Waals surface area contributed by atoms with Gasteiger partial charge in [0.05, 0.1) is 0 Å². The minimum absolute atomic E-state index is 0.0616. The van der Waals surface area contributed by atoms with Crippen molar-refractivity contribution < 1.29 is 9.53 Å². The Morgan fingerprint density at radius 1 is 1.45 bits per heavy atom. The molecule has 1 aromatic carbocycles. The molecule has 2 rings (SSSR count). The summed E-state index contributed by atoms with van der Waals surface area (Å²) < 4.78 is 6.64. The molecule has 3 unspecified atom stereocenters. The second kappa shape index (κ2) is 7.09. The first-order chi connectivity index (χ1) is 9.56. The Morgan fingerprint density at radius 3 is 2.80 bits per heavy atom. The van der Waals surface area contributed by atoms with Crippen LogP contribution in [0.4, 0.5) is 0 Å². The van der Waals surface area contributed by atoms with Gasteiger partial charge < -0.3 is 15.4 Å². The molecule has 1 amide bonds. The van der Waals surface area contributed by atoms with Crippen LogP contribution < -0.4 is 15.4 Å². The number of hydrogen-bond acceptors (Lipinski definition) is 3. The number of nitrogens with one attached hydrogen (secondary N) is 2. The van der Waals surface area contributed by atoms with Crippen LogP contribution in [0.5, 0.6) is 5.75 Å². The third kappa shape index (κ3) is 4.21. The van der Waals surface area contributed by atoms with E-state index in [1.165, 1.54) is 0 Å². The predicted molar refractivity (Wildman–Crippen MR) is 82.9 cm³/mol. The van der Waals surface area contributed by atoms with Crippen molar-refractivity contribution in [2.75, 3.05) is 6.54 Å². The zero-order valence-corrected chi connectivity index (χ0v) is 13.4. The van der Waals surface area contributed by atoms with Gasteiger partial charge in [-0.2, -0.15) is 0 Å². The number of carbonyl (C=O) groups excluding carboxylic acids is 1. The van der Waals surface area contributed by atoms with Gasteiger partial charge in [0.25, 0.3) is 5.91 Å². The topological polar surface area (TPSA) is 50.4 Å². The van der Waals surface area contributed by atoms with Gasteiger partial charge in [-0.1, -0.05) is 15.9 Å². The van der Waals surface area contributed by atoms with Gasteiger partial charge in [0.15, 0.2) is 6.10 Å². The molecule has 1 aliphatic heterocycles. The number of halogens is 1. The van der Waals surface area contributed by atoms with Crippen molar-refractivity contribution in [3.63, 3.8) is 0 Å². The molecule has 0 radical (unpaired) electrons. The maximum atomic E-state index is 12.2. The number of carbonyl (C=O) groups is 1. The molecule has 1 heterocycles. The average molecular weight is 341 g/mol. The number of rotatable bonds is 4. The summed E-state index contributed by atoms with van der Waals surface area (Å²) >= 11 is 3.37. The Balaban J connectivity index is 1.86. The van der Waals surface area contributed by atoms with Crippen LogP contribution in [0.2, 0.25) is 0 Å². The molecule has 0 saturated carbocycles. The second-order valence-electron chi connectivity index (χ2n) is 5.21. The molecule has 0 aromatic heterocycles. The Morgan fingerprint density at radius 2 is 2.15 bits per heavy atom. The van der Waals surface area contributed by atoms with Crippen LogP contribution in [-0.4, -0.2) is 30.6 Å². The summed E-state index contributed by atoms with van der Waals surface area (Å²) in [6.45, 7) is 4.90. The molecule has 1 aromatic rings. The van der Waals surface area contributed by atoms with Crippen molar-refractivity contribution in [2.24, 2.45) is 0 Å². The standard InChI is InChI=1S/C15H21BrN2O2/c1-10-14(4-3-9-17-10)18-15(19)11(2)20-13-7-5-12(16)6-8-13/h5-8,10-11,14,17H,3-4,9H2,1-2H3,(H,18,19). The van der Waals surface area contributed by atoms with E-state index in [1.807, 2.05) is 24.3 Å². The zero-order valence-electron chi connectivity index (χ0n) is 11.9. The molecule has 20 heavy (non-hydrogen) atoms. The zero-order chi connectivity index (χ0) is 14.5. The van der Waals surface area contributed by atoms with Crippen molar-refractivity contribution >= 4 is 21.8 Å². The molecule has 2 N–H and O–H groups in total. The fraction of sp³-hybridized carbons (Fsp3) is 0.533. The first-order valence-electron chi connectivity index (χ1n) is 7.02. The fourth-order valence-electron chi connectivity index (χ4n) is 2.31. The summed E-state index contributed by atoms with van der Waals surface area (Å²) in [6.07, 6.45) is 1.62. The van der Waals surface area contributed by atoms with Crippen LogP contribution >= 0.6 is 15.9 Å². The first-order valence-corrected chi connectivity index (χ1v) is 7.81. The van der Waals surface area contributed by atoms with Crippen LogP contribution in [0.3, 0.4) is 0 Å². The normalized spacial score (nSPS) is 23.9. The van der Waals surface area contributed by atoms with Crippen LogP contribution in [0.15, 0.2) is 28.7 Å². The lowest BCUT2D eigenvalue weighted by atomic mass is 10.00. The Labute approximate surface area is 128 Å². The molecule has 3 atom stereocenters. The highest BCUT2D eigenvalue weighted by Crippen LogP contribution is 2.17. The molecule has 0 aliphatic carbocycles. The number of hydrogen-bond donors (Lipinski definition) is 2. The van der Waals surface area contributed by atoms with Crippen LogP contribution in [0, 0.1) is 0 Å². The van der Waals surface area contributed by atoms with E-state index in [1.54, 1.807) is 6.92 Å². The third-order valence-corrected chi connectivity index (χ3v) is 4.11. The molecule has 0 bridgehead atoms. The van der Waals surface area contributed by atoms with Gasteiger partial charge in [-0.25, -0.2) is 0 Å². The van der Waals surface area contributed by atoms with Crippen LogP contribution in [0.1, 0.15) is 26.7 Å². The third-order valence-electron chi connectivity index (χ3n) is 3.59. The van der Waals surface area contributed by atoms with Gasteiger partial charge in [-0.3, -0.25) is 4.79 Å². The molecule has 1 saturated heterocycles. The molecule has 4 nitrogen and oxygen atoms in total. The summed E-state index contributed by atoms with van der Waals surface area (Å²) in [5.41, 5.74) is 0. The molecular weight excluding hydrogens is 320 g/mol. The fourth-order valence-corrected chi connectivity index (χ4v) is 2.58. The second-order valence-corrected chi connectivity index (χ2v) is 6.13. The van der Waals surface area contributed by atoms with Gasteiger partial charge in [-0.05, 0) is 57.5 Å². The van der Waals surface area contributed by atoms with E-state index >= 15 is 0 Å². The number of ether oxygens (including phenoxy) is 1. The molecule has 5 heteroatoms. The number of piperidine rings is 1. The van der Waals surface area contributed by atoms with Gasteiger partial charge in [-0.15, -0.1) is 0 Å². The lowest BCUT2D eigenvalue weighted by molar-refractivity contribution is -0.128. The summed E-state index contributed by atoms with van der Waals surface area (Å²) in [7, 11) is 0. The smallest absolute Gasteiger partial charge is 0.261 e. The van der Waals surface area contributed by atoms with E-state index in [4.69, 9.17) is 4.74 Å². The molecule has 110 valence electrons. The van der Waals surface area contributed by atoms with Gasteiger partial charge in [0, 0.05) is 16.6 Å². The Kier molecular flexibility index (Phi) is 5.43.